The Hall–Kier alpha value is -1.69. The highest BCUT2D eigenvalue weighted by Gasteiger charge is 2.36. The molecule has 1 saturated heterocycles. The second kappa shape index (κ2) is 6.85. The van der Waals surface area contributed by atoms with Crippen LogP contribution in [0.25, 0.3) is 0 Å². The molecule has 2 rings (SSSR count). The maximum atomic E-state index is 12.5. The van der Waals surface area contributed by atoms with Gasteiger partial charge in [-0.15, -0.1) is 0 Å². The summed E-state index contributed by atoms with van der Waals surface area (Å²) in [5.41, 5.74) is 5.83. The normalized spacial score (nSPS) is 22.4. The Kier molecular flexibility index (Phi) is 5.12. The molecule has 0 aliphatic carbocycles. The Bertz CT molecular complexity index is 470. The van der Waals surface area contributed by atoms with Crippen LogP contribution in [-0.2, 0) is 11.3 Å². The van der Waals surface area contributed by atoms with Gasteiger partial charge in [0.1, 0.15) is 6.61 Å². The van der Waals surface area contributed by atoms with Gasteiger partial charge in [0.25, 0.3) is 0 Å². The van der Waals surface area contributed by atoms with E-state index in [-0.39, 0.29) is 13.2 Å². The van der Waals surface area contributed by atoms with Crippen molar-refractivity contribution in [1.29, 1.82) is 0 Å². The third-order valence-corrected chi connectivity index (χ3v) is 3.63. The third kappa shape index (κ3) is 4.67. The molecule has 21 heavy (non-hydrogen) atoms. The standard InChI is InChI=1S/C15H20F2N2O2/c16-13(17)9-15(18)7-4-8-19(11-15)14(20)21-10-12-5-2-1-3-6-12/h1-3,5-6,13H,4,7-11,18H2. The number of alkyl halides is 2. The lowest BCUT2D eigenvalue weighted by Crippen LogP contribution is -2.56. The topological polar surface area (TPSA) is 55.6 Å². The first-order valence-electron chi connectivity index (χ1n) is 7.01. The van der Waals surface area contributed by atoms with Gasteiger partial charge < -0.3 is 15.4 Å². The number of carbonyl (C=O) groups is 1. The summed E-state index contributed by atoms with van der Waals surface area (Å²) in [4.78, 5) is 13.4. The maximum absolute atomic E-state index is 12.5. The summed E-state index contributed by atoms with van der Waals surface area (Å²) in [6.45, 7) is 0.781. The minimum atomic E-state index is -2.46. The highest BCUT2D eigenvalue weighted by atomic mass is 19.3. The van der Waals surface area contributed by atoms with Crippen LogP contribution in [0.2, 0.25) is 0 Å². The van der Waals surface area contributed by atoms with E-state index in [1.807, 2.05) is 30.3 Å². The minimum absolute atomic E-state index is 0.116. The van der Waals surface area contributed by atoms with E-state index in [4.69, 9.17) is 10.5 Å². The van der Waals surface area contributed by atoms with E-state index in [1.54, 1.807) is 0 Å². The molecule has 1 aromatic carbocycles. The zero-order valence-electron chi connectivity index (χ0n) is 11.8. The summed E-state index contributed by atoms with van der Waals surface area (Å²) in [6.07, 6.45) is -2.24. The van der Waals surface area contributed by atoms with E-state index in [9.17, 15) is 13.6 Å². The Morgan fingerprint density at radius 3 is 2.76 bits per heavy atom. The number of benzene rings is 1. The zero-order chi connectivity index (χ0) is 15.3. The summed E-state index contributed by atoms with van der Waals surface area (Å²) in [5, 5.41) is 0. The summed E-state index contributed by atoms with van der Waals surface area (Å²) in [5.74, 6) is 0. The van der Waals surface area contributed by atoms with Crippen molar-refractivity contribution >= 4 is 6.09 Å². The molecule has 0 saturated carbocycles. The van der Waals surface area contributed by atoms with Gasteiger partial charge in [0, 0.05) is 25.0 Å². The summed E-state index contributed by atoms with van der Waals surface area (Å²) in [6, 6.07) is 9.30. The van der Waals surface area contributed by atoms with Crippen LogP contribution in [0.1, 0.15) is 24.8 Å². The van der Waals surface area contributed by atoms with Gasteiger partial charge in [-0.25, -0.2) is 13.6 Å². The van der Waals surface area contributed by atoms with Gasteiger partial charge in [-0.2, -0.15) is 0 Å². The molecule has 1 atom stereocenters. The fraction of sp³-hybridized carbons (Fsp3) is 0.533. The van der Waals surface area contributed by atoms with E-state index >= 15 is 0 Å². The predicted molar refractivity (Wildman–Crippen MR) is 75.0 cm³/mol. The van der Waals surface area contributed by atoms with Crippen molar-refractivity contribution in [1.82, 2.24) is 4.90 Å². The maximum Gasteiger partial charge on any atom is 0.410 e. The quantitative estimate of drug-likeness (QED) is 0.930. The van der Waals surface area contributed by atoms with E-state index in [0.717, 1.165) is 5.56 Å². The van der Waals surface area contributed by atoms with Crippen LogP contribution in [0.3, 0.4) is 0 Å². The van der Waals surface area contributed by atoms with Crippen molar-refractivity contribution in [3.63, 3.8) is 0 Å². The van der Waals surface area contributed by atoms with Crippen molar-refractivity contribution < 1.29 is 18.3 Å². The molecule has 116 valence electrons. The molecular weight excluding hydrogens is 278 g/mol. The van der Waals surface area contributed by atoms with Crippen LogP contribution in [0.15, 0.2) is 30.3 Å². The molecule has 0 spiro atoms. The molecule has 2 N–H and O–H groups in total. The molecular formula is C15H20F2N2O2. The molecule has 4 nitrogen and oxygen atoms in total. The Morgan fingerprint density at radius 2 is 2.10 bits per heavy atom. The molecule has 0 radical (unpaired) electrons. The lowest BCUT2D eigenvalue weighted by molar-refractivity contribution is 0.0470. The lowest BCUT2D eigenvalue weighted by atomic mass is 9.87. The van der Waals surface area contributed by atoms with E-state index in [1.165, 1.54) is 4.90 Å². The van der Waals surface area contributed by atoms with Gasteiger partial charge in [-0.05, 0) is 18.4 Å². The molecule has 1 aliphatic heterocycles. The fourth-order valence-corrected chi connectivity index (χ4v) is 2.60. The number of ether oxygens (including phenoxy) is 1. The number of likely N-dealkylation sites (tertiary alicyclic amines) is 1. The first-order chi connectivity index (χ1) is 9.98. The summed E-state index contributed by atoms with van der Waals surface area (Å²) in [7, 11) is 0. The molecule has 0 aromatic heterocycles. The van der Waals surface area contributed by atoms with Crippen LogP contribution in [0.4, 0.5) is 13.6 Å². The average molecular weight is 298 g/mol. The Morgan fingerprint density at radius 1 is 1.38 bits per heavy atom. The van der Waals surface area contributed by atoms with Gasteiger partial charge in [0.05, 0.1) is 0 Å². The molecule has 1 amide bonds. The van der Waals surface area contributed by atoms with Crippen molar-refractivity contribution in [2.45, 2.75) is 37.8 Å². The van der Waals surface area contributed by atoms with Crippen LogP contribution in [0.5, 0.6) is 0 Å². The van der Waals surface area contributed by atoms with Gasteiger partial charge in [-0.1, -0.05) is 30.3 Å². The Labute approximate surface area is 122 Å². The van der Waals surface area contributed by atoms with Crippen LogP contribution in [-0.4, -0.2) is 36.0 Å². The smallest absolute Gasteiger partial charge is 0.410 e. The monoisotopic (exact) mass is 298 g/mol. The van der Waals surface area contributed by atoms with Crippen LogP contribution in [0, 0.1) is 0 Å². The highest BCUT2D eigenvalue weighted by Crippen LogP contribution is 2.25. The number of nitrogens with zero attached hydrogens (tertiary/aromatic N) is 1. The SMILES string of the molecule is NC1(CC(F)F)CCCN(C(=O)OCc2ccccc2)C1. The van der Waals surface area contributed by atoms with Crippen LogP contribution < -0.4 is 5.73 Å². The largest absolute Gasteiger partial charge is 0.445 e. The van der Waals surface area contributed by atoms with Gasteiger partial charge >= 0.3 is 6.09 Å². The number of halogens is 2. The molecule has 1 aromatic rings. The number of hydrogen-bond donors (Lipinski definition) is 1. The lowest BCUT2D eigenvalue weighted by Gasteiger charge is -2.39. The molecule has 6 heteroatoms. The molecule has 1 heterocycles. The van der Waals surface area contributed by atoms with E-state index in [2.05, 4.69) is 0 Å². The summed E-state index contributed by atoms with van der Waals surface area (Å²) < 4.78 is 30.3. The van der Waals surface area contributed by atoms with Gasteiger partial charge in [0.15, 0.2) is 0 Å². The van der Waals surface area contributed by atoms with E-state index in [0.29, 0.717) is 19.4 Å². The highest BCUT2D eigenvalue weighted by molar-refractivity contribution is 5.68. The average Bonchev–Trinajstić information content (AvgIpc) is 2.44. The number of carbonyl (C=O) groups excluding carboxylic acids is 1. The van der Waals surface area contributed by atoms with Crippen molar-refractivity contribution in [2.75, 3.05) is 13.1 Å². The fourth-order valence-electron chi connectivity index (χ4n) is 2.60. The number of piperidine rings is 1. The Balaban J connectivity index is 1.87. The number of amides is 1. The number of nitrogens with two attached hydrogens (primary N) is 1. The second-order valence-electron chi connectivity index (χ2n) is 5.52. The van der Waals surface area contributed by atoms with Gasteiger partial charge in [0.2, 0.25) is 6.43 Å². The second-order valence-corrected chi connectivity index (χ2v) is 5.52. The zero-order valence-corrected chi connectivity index (χ0v) is 11.8. The van der Waals surface area contributed by atoms with Crippen molar-refractivity contribution in [3.05, 3.63) is 35.9 Å². The van der Waals surface area contributed by atoms with Crippen molar-refractivity contribution in [3.8, 4) is 0 Å². The van der Waals surface area contributed by atoms with Crippen LogP contribution >= 0.6 is 0 Å². The van der Waals surface area contributed by atoms with Crippen molar-refractivity contribution in [2.24, 2.45) is 5.73 Å². The first kappa shape index (κ1) is 15.7. The van der Waals surface area contributed by atoms with Gasteiger partial charge in [-0.3, -0.25) is 0 Å². The molecule has 1 fully saturated rings. The predicted octanol–water partition coefficient (Wildman–Crippen LogP) is 2.77. The molecule has 0 bridgehead atoms. The number of rotatable bonds is 4. The minimum Gasteiger partial charge on any atom is -0.445 e. The first-order valence-corrected chi connectivity index (χ1v) is 7.01. The van der Waals surface area contributed by atoms with E-state index < -0.39 is 24.5 Å². The summed E-state index contributed by atoms with van der Waals surface area (Å²) >= 11 is 0. The molecule has 1 unspecified atom stereocenters. The molecule has 1 aliphatic rings. The third-order valence-electron chi connectivity index (χ3n) is 3.63. The number of hydrogen-bond acceptors (Lipinski definition) is 3.